The summed E-state index contributed by atoms with van der Waals surface area (Å²) in [6.07, 6.45) is 3.60. The summed E-state index contributed by atoms with van der Waals surface area (Å²) in [6, 6.07) is 12.5. The molecule has 9 heteroatoms. The molecule has 1 saturated heterocycles. The normalized spacial score (nSPS) is 14.9. The fourth-order valence-corrected chi connectivity index (χ4v) is 5.41. The molecule has 3 aromatic rings. The average molecular weight is 455 g/mol. The van der Waals surface area contributed by atoms with Crippen LogP contribution in [0.4, 0.5) is 0 Å². The Bertz CT molecular complexity index is 1230. The van der Waals surface area contributed by atoms with E-state index in [9.17, 15) is 13.2 Å². The van der Waals surface area contributed by atoms with Crippen molar-refractivity contribution in [3.63, 3.8) is 0 Å². The average Bonchev–Trinajstić information content (AvgIpc) is 3.24. The summed E-state index contributed by atoms with van der Waals surface area (Å²) >= 11 is 0. The number of aromatic nitrogens is 2. The maximum absolute atomic E-state index is 13.1. The highest BCUT2D eigenvalue weighted by Crippen LogP contribution is 2.23. The van der Waals surface area contributed by atoms with Crippen molar-refractivity contribution in [1.82, 2.24) is 19.2 Å². The highest BCUT2D eigenvalue weighted by molar-refractivity contribution is 7.89. The minimum Gasteiger partial charge on any atom is -0.379 e. The molecule has 1 aliphatic heterocycles. The third-order valence-corrected chi connectivity index (χ3v) is 7.60. The number of amides is 1. The van der Waals surface area contributed by atoms with E-state index in [1.54, 1.807) is 25.3 Å². The van der Waals surface area contributed by atoms with Crippen LogP contribution in [-0.4, -0.2) is 54.5 Å². The minimum absolute atomic E-state index is 0.154. The largest absolute Gasteiger partial charge is 0.379 e. The first-order valence-corrected chi connectivity index (χ1v) is 11.9. The fraction of sp³-hybridized carbons (Fsp3) is 0.304. The molecule has 4 rings (SSSR count). The first-order valence-electron chi connectivity index (χ1n) is 10.4. The van der Waals surface area contributed by atoms with Crippen molar-refractivity contribution < 1.29 is 17.9 Å². The Kier molecular flexibility index (Phi) is 6.40. The molecule has 0 aliphatic carbocycles. The minimum atomic E-state index is -3.69. The van der Waals surface area contributed by atoms with Gasteiger partial charge in [0.25, 0.3) is 5.91 Å². The third-order valence-electron chi connectivity index (χ3n) is 5.55. The molecular weight excluding hydrogens is 428 g/mol. The smallest absolute Gasteiger partial charge is 0.251 e. The van der Waals surface area contributed by atoms with Crippen LogP contribution >= 0.6 is 0 Å². The number of ether oxygens (including phenoxy) is 1. The van der Waals surface area contributed by atoms with E-state index in [0.717, 1.165) is 17.1 Å². The zero-order valence-electron chi connectivity index (χ0n) is 18.1. The Hall–Kier alpha value is -3.01. The predicted octanol–water partition coefficient (Wildman–Crippen LogP) is 2.44. The van der Waals surface area contributed by atoms with E-state index in [4.69, 9.17) is 4.74 Å². The second kappa shape index (κ2) is 9.23. The number of hydrogen-bond acceptors (Lipinski definition) is 5. The summed E-state index contributed by atoms with van der Waals surface area (Å²) in [5, 5.41) is 2.91. The number of nitrogens with zero attached hydrogens (tertiary/aromatic N) is 3. The van der Waals surface area contributed by atoms with Crippen molar-refractivity contribution in [3.8, 4) is 5.69 Å². The lowest BCUT2D eigenvalue weighted by Crippen LogP contribution is -2.41. The van der Waals surface area contributed by atoms with Crippen molar-refractivity contribution in [2.24, 2.45) is 0 Å². The number of carbonyl (C=O) groups excluding carboxylic acids is 1. The number of sulfonamides is 1. The van der Waals surface area contributed by atoms with Crippen LogP contribution in [0.5, 0.6) is 0 Å². The Labute approximate surface area is 187 Å². The number of nitrogens with one attached hydrogen (secondary N) is 1. The molecule has 0 unspecified atom stereocenters. The van der Waals surface area contributed by atoms with Crippen LogP contribution in [0.2, 0.25) is 0 Å². The number of rotatable bonds is 6. The lowest BCUT2D eigenvalue weighted by atomic mass is 10.1. The van der Waals surface area contributed by atoms with Gasteiger partial charge in [0, 0.05) is 37.6 Å². The number of aryl methyl sites for hydroxylation is 2. The van der Waals surface area contributed by atoms with Crippen LogP contribution in [0.3, 0.4) is 0 Å². The summed E-state index contributed by atoms with van der Waals surface area (Å²) in [6.45, 7) is 5.30. The van der Waals surface area contributed by atoms with Gasteiger partial charge in [0.15, 0.2) is 0 Å². The van der Waals surface area contributed by atoms with Gasteiger partial charge < -0.3 is 14.6 Å². The molecular formula is C23H26N4O4S. The standard InChI is InChI=1S/C23H26N4O4S/c1-17-7-8-19(15-22(17)32(29,30)26-11-13-31-14-12-26)23(28)25-16-20-5-3-4-6-21(20)27-10-9-24-18(27)2/h3-10,15H,11-14,16H2,1-2H3,(H,25,28). The second-order valence-corrected chi connectivity index (χ2v) is 9.56. The van der Waals surface area contributed by atoms with Crippen LogP contribution in [0.25, 0.3) is 5.69 Å². The van der Waals surface area contributed by atoms with E-state index in [2.05, 4.69) is 10.3 Å². The Morgan fingerprint density at radius 3 is 2.59 bits per heavy atom. The quantitative estimate of drug-likeness (QED) is 0.618. The highest BCUT2D eigenvalue weighted by atomic mass is 32.2. The maximum atomic E-state index is 13.1. The van der Waals surface area contributed by atoms with E-state index >= 15 is 0 Å². The highest BCUT2D eigenvalue weighted by Gasteiger charge is 2.28. The van der Waals surface area contributed by atoms with Crippen molar-refractivity contribution in [2.75, 3.05) is 26.3 Å². The molecule has 32 heavy (non-hydrogen) atoms. The number of para-hydroxylation sites is 1. The zero-order chi connectivity index (χ0) is 22.7. The Balaban J connectivity index is 1.54. The van der Waals surface area contributed by atoms with Crippen LogP contribution < -0.4 is 5.32 Å². The lowest BCUT2D eigenvalue weighted by Gasteiger charge is -2.26. The van der Waals surface area contributed by atoms with Gasteiger partial charge in [0.2, 0.25) is 10.0 Å². The van der Waals surface area contributed by atoms with Crippen molar-refractivity contribution in [1.29, 1.82) is 0 Å². The zero-order valence-corrected chi connectivity index (χ0v) is 18.9. The molecule has 0 saturated carbocycles. The molecule has 0 radical (unpaired) electrons. The SMILES string of the molecule is Cc1ccc(C(=O)NCc2ccccc2-n2ccnc2C)cc1S(=O)(=O)N1CCOCC1. The molecule has 0 bridgehead atoms. The number of hydrogen-bond donors (Lipinski definition) is 1. The molecule has 0 atom stereocenters. The molecule has 1 fully saturated rings. The maximum Gasteiger partial charge on any atom is 0.251 e. The topological polar surface area (TPSA) is 93.5 Å². The van der Waals surface area contributed by atoms with E-state index in [1.807, 2.05) is 42.0 Å². The summed E-state index contributed by atoms with van der Waals surface area (Å²) in [5.74, 6) is 0.515. The fourth-order valence-electron chi connectivity index (χ4n) is 3.75. The summed E-state index contributed by atoms with van der Waals surface area (Å²) < 4.78 is 34.8. The van der Waals surface area contributed by atoms with Crippen molar-refractivity contribution in [3.05, 3.63) is 77.4 Å². The van der Waals surface area contributed by atoms with Crippen LogP contribution in [-0.2, 0) is 21.3 Å². The second-order valence-electron chi connectivity index (χ2n) is 7.65. The van der Waals surface area contributed by atoms with Crippen LogP contribution in [0, 0.1) is 13.8 Å². The van der Waals surface area contributed by atoms with E-state index in [-0.39, 0.29) is 10.8 Å². The van der Waals surface area contributed by atoms with Crippen LogP contribution in [0.1, 0.15) is 27.3 Å². The van der Waals surface area contributed by atoms with Gasteiger partial charge in [-0.3, -0.25) is 4.79 Å². The summed E-state index contributed by atoms with van der Waals surface area (Å²) in [4.78, 5) is 17.3. The molecule has 1 N–H and O–H groups in total. The molecule has 2 aromatic carbocycles. The van der Waals surface area contributed by atoms with Crippen molar-refractivity contribution in [2.45, 2.75) is 25.3 Å². The summed E-state index contributed by atoms with van der Waals surface area (Å²) in [7, 11) is -3.69. The van der Waals surface area contributed by atoms with Gasteiger partial charge in [0.05, 0.1) is 23.8 Å². The van der Waals surface area contributed by atoms with Gasteiger partial charge in [-0.25, -0.2) is 13.4 Å². The number of imidazole rings is 1. The summed E-state index contributed by atoms with van der Waals surface area (Å²) in [5.41, 5.74) is 2.77. The lowest BCUT2D eigenvalue weighted by molar-refractivity contribution is 0.0730. The molecule has 1 aromatic heterocycles. The van der Waals surface area contributed by atoms with Gasteiger partial charge in [-0.05, 0) is 43.2 Å². The third kappa shape index (κ3) is 4.45. The monoisotopic (exact) mass is 454 g/mol. The van der Waals surface area contributed by atoms with Gasteiger partial charge in [-0.2, -0.15) is 4.31 Å². The molecule has 0 spiro atoms. The Morgan fingerprint density at radius 1 is 1.12 bits per heavy atom. The molecule has 8 nitrogen and oxygen atoms in total. The van der Waals surface area contributed by atoms with Gasteiger partial charge in [-0.15, -0.1) is 0 Å². The molecule has 168 valence electrons. The molecule has 2 heterocycles. The first kappa shape index (κ1) is 22.2. The van der Waals surface area contributed by atoms with E-state index in [1.165, 1.54) is 10.4 Å². The van der Waals surface area contributed by atoms with Gasteiger partial charge in [0.1, 0.15) is 5.82 Å². The first-order chi connectivity index (χ1) is 15.4. The van der Waals surface area contributed by atoms with Gasteiger partial charge >= 0.3 is 0 Å². The van der Waals surface area contributed by atoms with Crippen LogP contribution in [0.15, 0.2) is 59.8 Å². The number of morpholine rings is 1. The van der Waals surface area contributed by atoms with Gasteiger partial charge in [-0.1, -0.05) is 24.3 Å². The Morgan fingerprint density at radius 2 is 1.88 bits per heavy atom. The number of carbonyl (C=O) groups is 1. The molecule has 1 amide bonds. The van der Waals surface area contributed by atoms with E-state index < -0.39 is 10.0 Å². The predicted molar refractivity (Wildman–Crippen MR) is 120 cm³/mol. The molecule has 1 aliphatic rings. The van der Waals surface area contributed by atoms with E-state index in [0.29, 0.717) is 44.0 Å². The van der Waals surface area contributed by atoms with Crippen molar-refractivity contribution >= 4 is 15.9 Å². The number of benzene rings is 2.